The predicted octanol–water partition coefficient (Wildman–Crippen LogP) is 5.11. The molecular formula is C22H20F5N9S. The average Bonchev–Trinajstić information content (AvgIpc) is 3.56. The lowest BCUT2D eigenvalue weighted by Crippen LogP contribution is -2.21. The molecule has 0 saturated heterocycles. The molecule has 37 heavy (non-hydrogen) atoms. The number of pyridine rings is 1. The van der Waals surface area contributed by atoms with E-state index in [-0.39, 0.29) is 44.1 Å². The quantitative estimate of drug-likeness (QED) is 0.330. The van der Waals surface area contributed by atoms with Crippen molar-refractivity contribution in [2.45, 2.75) is 55.8 Å². The Labute approximate surface area is 214 Å². The smallest absolute Gasteiger partial charge is 0.351 e. The summed E-state index contributed by atoms with van der Waals surface area (Å²) in [5.74, 6) is -3.69. The van der Waals surface area contributed by atoms with Gasteiger partial charge in [0.05, 0.1) is 0 Å². The van der Waals surface area contributed by atoms with Gasteiger partial charge in [-0.15, -0.1) is 0 Å². The number of nitrogens with one attached hydrogen (secondary N) is 2. The molecule has 9 nitrogen and oxygen atoms in total. The summed E-state index contributed by atoms with van der Waals surface area (Å²) < 4.78 is 66.9. The van der Waals surface area contributed by atoms with Crippen LogP contribution in [0, 0.1) is 6.57 Å². The highest BCUT2D eigenvalue weighted by atomic mass is 32.1. The molecular weight excluding hydrogens is 517 g/mol. The number of rotatable bonds is 6. The second-order valence-electron chi connectivity index (χ2n) is 8.71. The SMILES string of the molecule is S.[C-]#[N+]C1(c2cc(Nc3nc(N[C@H]4CCC(F)(F)C4)nc(-c4nccc(C(F)(F)F)n4)n3)ccn2)CC1. The van der Waals surface area contributed by atoms with Crippen molar-refractivity contribution >= 4 is 31.1 Å². The Morgan fingerprint density at radius 2 is 1.68 bits per heavy atom. The summed E-state index contributed by atoms with van der Waals surface area (Å²) in [5, 5.41) is 5.75. The molecule has 0 amide bonds. The highest BCUT2D eigenvalue weighted by Crippen LogP contribution is 2.49. The minimum absolute atomic E-state index is 0. The van der Waals surface area contributed by atoms with Crippen LogP contribution < -0.4 is 10.6 Å². The van der Waals surface area contributed by atoms with Crippen LogP contribution in [0.5, 0.6) is 0 Å². The van der Waals surface area contributed by atoms with Gasteiger partial charge in [-0.2, -0.15) is 41.6 Å². The molecule has 2 N–H and O–H groups in total. The topological polar surface area (TPSA) is 106 Å². The Hall–Kier alpha value is -3.67. The van der Waals surface area contributed by atoms with Gasteiger partial charge in [-0.05, 0) is 24.6 Å². The minimum Gasteiger partial charge on any atom is -0.351 e. The average molecular weight is 538 g/mol. The van der Waals surface area contributed by atoms with Gasteiger partial charge < -0.3 is 15.5 Å². The number of anilines is 3. The molecule has 0 aromatic carbocycles. The van der Waals surface area contributed by atoms with Gasteiger partial charge in [0.1, 0.15) is 11.4 Å². The molecule has 0 radical (unpaired) electrons. The maximum absolute atomic E-state index is 13.7. The predicted molar refractivity (Wildman–Crippen MR) is 127 cm³/mol. The van der Waals surface area contributed by atoms with E-state index in [2.05, 4.69) is 45.4 Å². The fraction of sp³-hybridized carbons (Fsp3) is 0.409. The molecule has 3 aromatic heterocycles. The molecule has 15 heteroatoms. The lowest BCUT2D eigenvalue weighted by molar-refractivity contribution is -0.141. The van der Waals surface area contributed by atoms with Crippen molar-refractivity contribution < 1.29 is 22.0 Å². The molecule has 0 aliphatic heterocycles. The Bertz CT molecular complexity index is 1340. The lowest BCUT2D eigenvalue weighted by Gasteiger charge is -2.15. The first-order valence-electron chi connectivity index (χ1n) is 11.0. The van der Waals surface area contributed by atoms with Crippen LogP contribution >= 0.6 is 13.5 Å². The van der Waals surface area contributed by atoms with Crippen molar-refractivity contribution in [1.29, 1.82) is 0 Å². The third kappa shape index (κ3) is 5.85. The zero-order valence-electron chi connectivity index (χ0n) is 19.0. The Balaban J connectivity index is 0.00000320. The van der Waals surface area contributed by atoms with Crippen LogP contribution in [0.1, 0.15) is 43.5 Å². The maximum Gasteiger partial charge on any atom is 0.433 e. The molecule has 2 fully saturated rings. The van der Waals surface area contributed by atoms with Crippen molar-refractivity contribution in [3.8, 4) is 11.6 Å². The maximum atomic E-state index is 13.7. The van der Waals surface area contributed by atoms with E-state index in [4.69, 9.17) is 6.57 Å². The van der Waals surface area contributed by atoms with Gasteiger partial charge in [0.2, 0.25) is 23.6 Å². The van der Waals surface area contributed by atoms with E-state index in [0.29, 0.717) is 30.3 Å². The van der Waals surface area contributed by atoms with E-state index in [0.717, 1.165) is 6.20 Å². The molecule has 2 aliphatic rings. The van der Waals surface area contributed by atoms with Gasteiger partial charge in [-0.1, -0.05) is 0 Å². The highest BCUT2D eigenvalue weighted by molar-refractivity contribution is 7.59. The summed E-state index contributed by atoms with van der Waals surface area (Å²) in [5.41, 5.74) is -0.784. The van der Waals surface area contributed by atoms with Gasteiger partial charge in [0.15, 0.2) is 5.82 Å². The van der Waals surface area contributed by atoms with Crippen LogP contribution in [0.25, 0.3) is 16.5 Å². The molecule has 1 atom stereocenters. The van der Waals surface area contributed by atoms with Crippen LogP contribution in [-0.4, -0.2) is 41.9 Å². The minimum atomic E-state index is -4.71. The van der Waals surface area contributed by atoms with Crippen LogP contribution in [0.2, 0.25) is 0 Å². The molecule has 2 saturated carbocycles. The van der Waals surface area contributed by atoms with Crippen molar-refractivity contribution in [2.24, 2.45) is 0 Å². The molecule has 0 unspecified atom stereocenters. The van der Waals surface area contributed by atoms with Crippen LogP contribution in [0.3, 0.4) is 0 Å². The molecule has 3 heterocycles. The molecule has 3 aromatic rings. The third-order valence-electron chi connectivity index (χ3n) is 5.95. The first kappa shape index (κ1) is 26.4. The zero-order chi connectivity index (χ0) is 25.6. The van der Waals surface area contributed by atoms with E-state index < -0.39 is 41.6 Å². The lowest BCUT2D eigenvalue weighted by atomic mass is 10.1. The molecule has 2 aliphatic carbocycles. The van der Waals surface area contributed by atoms with Crippen LogP contribution in [-0.2, 0) is 11.7 Å². The van der Waals surface area contributed by atoms with Crippen molar-refractivity contribution in [3.05, 3.63) is 53.4 Å². The van der Waals surface area contributed by atoms with E-state index in [1.54, 1.807) is 12.1 Å². The molecule has 194 valence electrons. The van der Waals surface area contributed by atoms with Gasteiger partial charge in [-0.3, -0.25) is 4.98 Å². The summed E-state index contributed by atoms with van der Waals surface area (Å²) in [6, 6.07) is 3.36. The summed E-state index contributed by atoms with van der Waals surface area (Å²) in [4.78, 5) is 27.8. The zero-order valence-corrected chi connectivity index (χ0v) is 20.0. The van der Waals surface area contributed by atoms with Crippen LogP contribution in [0.4, 0.5) is 39.5 Å². The second kappa shape index (κ2) is 9.66. The highest BCUT2D eigenvalue weighted by Gasteiger charge is 2.54. The van der Waals surface area contributed by atoms with Crippen molar-refractivity contribution in [1.82, 2.24) is 29.9 Å². The van der Waals surface area contributed by atoms with E-state index >= 15 is 0 Å². The van der Waals surface area contributed by atoms with Crippen molar-refractivity contribution in [2.75, 3.05) is 10.6 Å². The van der Waals surface area contributed by atoms with Gasteiger partial charge in [-0.25, -0.2) is 25.3 Å². The van der Waals surface area contributed by atoms with E-state index in [1.807, 2.05) is 0 Å². The second-order valence-corrected chi connectivity index (χ2v) is 8.71. The number of nitrogens with zero attached hydrogens (tertiary/aromatic N) is 7. The largest absolute Gasteiger partial charge is 0.433 e. The van der Waals surface area contributed by atoms with Crippen molar-refractivity contribution in [3.63, 3.8) is 0 Å². The monoisotopic (exact) mass is 537 g/mol. The standard InChI is InChI=1S/C22H18F5N9.H2S/c1-28-20(6-7-20)15-10-12(3-8-29-15)31-18-34-17(16-30-9-4-14(33-16)22(25,26)27)35-19(36-18)32-13-2-5-21(23,24)11-13;/h3-4,8-10,13H,2,5-7,11H2,(H2,29,31,32,34,35,36);1H2/t13-;/m0./s1. The first-order valence-corrected chi connectivity index (χ1v) is 11.0. The molecule has 0 spiro atoms. The number of halogens is 5. The summed E-state index contributed by atoms with van der Waals surface area (Å²) >= 11 is 0. The van der Waals surface area contributed by atoms with E-state index in [1.165, 1.54) is 6.20 Å². The third-order valence-corrected chi connectivity index (χ3v) is 5.95. The Morgan fingerprint density at radius 3 is 2.32 bits per heavy atom. The van der Waals surface area contributed by atoms with Gasteiger partial charge in [0, 0.05) is 49.8 Å². The number of hydrogen-bond acceptors (Lipinski definition) is 8. The Kier molecular flexibility index (Phi) is 6.89. The van der Waals surface area contributed by atoms with Gasteiger partial charge >= 0.3 is 6.18 Å². The fourth-order valence-corrected chi connectivity index (χ4v) is 3.91. The molecule has 0 bridgehead atoms. The van der Waals surface area contributed by atoms with Gasteiger partial charge in [0.25, 0.3) is 5.54 Å². The normalized spacial score (nSPS) is 19.4. The number of alkyl halides is 5. The summed E-state index contributed by atoms with van der Waals surface area (Å²) in [7, 11) is 0. The van der Waals surface area contributed by atoms with Crippen LogP contribution in [0.15, 0.2) is 30.6 Å². The first-order chi connectivity index (χ1) is 17.1. The van der Waals surface area contributed by atoms with E-state index in [9.17, 15) is 22.0 Å². The fourth-order valence-electron chi connectivity index (χ4n) is 3.91. The Morgan fingerprint density at radius 1 is 0.946 bits per heavy atom. The summed E-state index contributed by atoms with van der Waals surface area (Å²) in [6.45, 7) is 7.42. The summed E-state index contributed by atoms with van der Waals surface area (Å²) in [6.07, 6.45) is -1.44. The number of aromatic nitrogens is 6. The molecule has 5 rings (SSSR count). The number of hydrogen-bond donors (Lipinski definition) is 2.